The van der Waals surface area contributed by atoms with Crippen LogP contribution in [-0.4, -0.2) is 36.1 Å². The summed E-state index contributed by atoms with van der Waals surface area (Å²) in [6.07, 6.45) is 18.1. The first kappa shape index (κ1) is 22.4. The Bertz CT molecular complexity index is 1000. The fraction of sp³-hybridized carbons (Fsp3) is 0.607. The molecule has 0 unspecified atom stereocenters. The lowest BCUT2D eigenvalue weighted by molar-refractivity contribution is -0.147. The summed E-state index contributed by atoms with van der Waals surface area (Å²) in [6.45, 7) is 4.49. The first-order chi connectivity index (χ1) is 15.7. The lowest BCUT2D eigenvalue weighted by Crippen LogP contribution is -2.50. The molecule has 0 aromatic carbocycles. The van der Waals surface area contributed by atoms with Gasteiger partial charge in [0.15, 0.2) is 18.2 Å². The Labute approximate surface area is 196 Å². The predicted octanol–water partition coefficient (Wildman–Crippen LogP) is 4.76. The van der Waals surface area contributed by atoms with Gasteiger partial charge in [-0.1, -0.05) is 31.6 Å². The van der Waals surface area contributed by atoms with Crippen molar-refractivity contribution < 1.29 is 19.1 Å². The van der Waals surface area contributed by atoms with E-state index in [-0.39, 0.29) is 40.9 Å². The molecule has 0 aromatic heterocycles. The molecule has 3 saturated carbocycles. The Morgan fingerprint density at radius 3 is 2.76 bits per heavy atom. The molecule has 33 heavy (non-hydrogen) atoms. The van der Waals surface area contributed by atoms with Gasteiger partial charge in [-0.15, -0.1) is 0 Å². The molecule has 0 radical (unpaired) electrons. The van der Waals surface area contributed by atoms with Crippen molar-refractivity contribution in [2.75, 3.05) is 13.7 Å². The third-order valence-electron chi connectivity index (χ3n) is 9.59. The molecule has 5 nitrogen and oxygen atoms in total. The summed E-state index contributed by atoms with van der Waals surface area (Å²) < 4.78 is 5.47. The number of ketones is 2. The second-order valence-corrected chi connectivity index (χ2v) is 11.2. The van der Waals surface area contributed by atoms with E-state index in [1.165, 1.54) is 5.57 Å². The smallest absolute Gasteiger partial charge is 0.336 e. The SMILES string of the molecule is CN1C=CCC(C(=O)OCC(=O)[C@H]2CC[C@H]3[C@@H]4CCC5=CC(=O)C=C[C@]5(C)[C@H]4CC[C@]23C)=C1. The van der Waals surface area contributed by atoms with Gasteiger partial charge in [0.2, 0.25) is 0 Å². The number of nitrogens with zero attached hydrogens (tertiary/aromatic N) is 1. The second-order valence-electron chi connectivity index (χ2n) is 11.2. The highest BCUT2D eigenvalue weighted by Crippen LogP contribution is 2.66. The highest BCUT2D eigenvalue weighted by molar-refractivity contribution is 6.01. The van der Waals surface area contributed by atoms with E-state index < -0.39 is 0 Å². The maximum absolute atomic E-state index is 13.3. The van der Waals surface area contributed by atoms with Gasteiger partial charge in [-0.2, -0.15) is 0 Å². The van der Waals surface area contributed by atoms with Crippen LogP contribution in [0.15, 0.2) is 47.9 Å². The summed E-state index contributed by atoms with van der Waals surface area (Å²) in [6, 6.07) is 0. The summed E-state index contributed by atoms with van der Waals surface area (Å²) in [5, 5.41) is 0. The number of rotatable bonds is 4. The molecule has 6 atom stereocenters. The third kappa shape index (κ3) is 3.64. The number of esters is 1. The number of hydrogen-bond donors (Lipinski definition) is 0. The molecule has 0 aromatic rings. The monoisotopic (exact) mass is 449 g/mol. The second kappa shape index (κ2) is 8.11. The van der Waals surface area contributed by atoms with Crippen LogP contribution in [0.25, 0.3) is 0 Å². The molecule has 3 fully saturated rings. The van der Waals surface area contributed by atoms with Crippen LogP contribution in [0.1, 0.15) is 58.8 Å². The average molecular weight is 450 g/mol. The minimum atomic E-state index is -0.388. The van der Waals surface area contributed by atoms with E-state index in [1.807, 2.05) is 30.3 Å². The van der Waals surface area contributed by atoms with Crippen LogP contribution in [-0.2, 0) is 19.1 Å². The van der Waals surface area contributed by atoms with Crippen LogP contribution in [0, 0.1) is 34.5 Å². The van der Waals surface area contributed by atoms with Gasteiger partial charge < -0.3 is 9.64 Å². The molecule has 0 saturated heterocycles. The van der Waals surface area contributed by atoms with Crippen LogP contribution in [0.2, 0.25) is 0 Å². The highest BCUT2D eigenvalue weighted by atomic mass is 16.5. The zero-order chi connectivity index (χ0) is 23.4. The normalized spacial score (nSPS) is 39.2. The minimum absolute atomic E-state index is 0.0227. The van der Waals surface area contributed by atoms with Crippen molar-refractivity contribution in [1.29, 1.82) is 0 Å². The molecule has 4 aliphatic carbocycles. The van der Waals surface area contributed by atoms with Crippen LogP contribution < -0.4 is 0 Å². The van der Waals surface area contributed by atoms with Crippen molar-refractivity contribution in [1.82, 2.24) is 4.90 Å². The maximum atomic E-state index is 13.3. The van der Waals surface area contributed by atoms with Crippen LogP contribution >= 0.6 is 0 Å². The maximum Gasteiger partial charge on any atom is 0.336 e. The number of Topliss-reactive ketones (excluding diaryl/α,β-unsaturated/α-hetero) is 1. The molecule has 0 bridgehead atoms. The molecule has 176 valence electrons. The molecule has 0 amide bonds. The number of carbonyl (C=O) groups is 3. The number of carbonyl (C=O) groups excluding carboxylic acids is 3. The van der Waals surface area contributed by atoms with Gasteiger partial charge in [0.05, 0.1) is 5.57 Å². The van der Waals surface area contributed by atoms with E-state index in [0.29, 0.717) is 29.7 Å². The summed E-state index contributed by atoms with van der Waals surface area (Å²) in [7, 11) is 1.87. The van der Waals surface area contributed by atoms with Gasteiger partial charge in [0.1, 0.15) is 0 Å². The zero-order valence-corrected chi connectivity index (χ0v) is 20.0. The molecular formula is C28H35NO4. The Morgan fingerprint density at radius 1 is 1.15 bits per heavy atom. The Morgan fingerprint density at radius 2 is 1.97 bits per heavy atom. The predicted molar refractivity (Wildman–Crippen MR) is 126 cm³/mol. The number of hydrogen-bond acceptors (Lipinski definition) is 5. The molecule has 5 heteroatoms. The molecule has 0 spiro atoms. The average Bonchev–Trinajstić information content (AvgIpc) is 3.15. The summed E-state index contributed by atoms with van der Waals surface area (Å²) in [5.74, 6) is 1.42. The van der Waals surface area contributed by atoms with Crippen molar-refractivity contribution in [3.8, 4) is 0 Å². The zero-order valence-electron chi connectivity index (χ0n) is 20.0. The molecule has 1 aliphatic heterocycles. The van der Waals surface area contributed by atoms with E-state index in [1.54, 1.807) is 12.3 Å². The Hall–Kier alpha value is -2.43. The number of allylic oxidation sites excluding steroid dienone is 5. The van der Waals surface area contributed by atoms with Crippen LogP contribution in [0.5, 0.6) is 0 Å². The van der Waals surface area contributed by atoms with E-state index in [4.69, 9.17) is 4.74 Å². The van der Waals surface area contributed by atoms with Gasteiger partial charge in [0, 0.05) is 31.0 Å². The van der Waals surface area contributed by atoms with Crippen molar-refractivity contribution in [3.05, 3.63) is 47.9 Å². The topological polar surface area (TPSA) is 63.7 Å². The van der Waals surface area contributed by atoms with Gasteiger partial charge in [-0.25, -0.2) is 4.79 Å². The summed E-state index contributed by atoms with van der Waals surface area (Å²) in [5.41, 5.74) is 1.84. The highest BCUT2D eigenvalue weighted by Gasteiger charge is 2.59. The summed E-state index contributed by atoms with van der Waals surface area (Å²) in [4.78, 5) is 39.5. The van der Waals surface area contributed by atoms with E-state index in [2.05, 4.69) is 19.9 Å². The molecule has 0 N–H and O–H groups in total. The van der Waals surface area contributed by atoms with Crippen molar-refractivity contribution >= 4 is 17.5 Å². The first-order valence-electron chi connectivity index (χ1n) is 12.5. The quantitative estimate of drug-likeness (QED) is 0.579. The Kier molecular flexibility index (Phi) is 5.49. The van der Waals surface area contributed by atoms with Gasteiger partial charge >= 0.3 is 5.97 Å². The van der Waals surface area contributed by atoms with E-state index in [9.17, 15) is 14.4 Å². The molecule has 5 rings (SSSR count). The van der Waals surface area contributed by atoms with Crippen molar-refractivity contribution in [2.45, 2.75) is 58.8 Å². The van der Waals surface area contributed by atoms with E-state index in [0.717, 1.165) is 38.5 Å². The standard InChI is InChI=1S/C28H35NO4/c1-27-12-10-20(30)15-19(27)6-7-21-22-8-9-24(28(22,2)13-11-23(21)27)25(31)17-33-26(32)18-5-4-14-29(3)16-18/h4,10,12,14-16,21-24H,5-9,11,13,17H2,1-3H3/t21-,22-,23-,24+,27-,28-/m0/s1. The minimum Gasteiger partial charge on any atom is -0.454 e. The number of ether oxygens (including phenoxy) is 1. The lowest BCUT2D eigenvalue weighted by atomic mass is 9.47. The first-order valence-corrected chi connectivity index (χ1v) is 12.5. The summed E-state index contributed by atoms with van der Waals surface area (Å²) >= 11 is 0. The number of fused-ring (bicyclic) bond motifs is 5. The van der Waals surface area contributed by atoms with Crippen molar-refractivity contribution in [2.24, 2.45) is 34.5 Å². The van der Waals surface area contributed by atoms with Crippen LogP contribution in [0.4, 0.5) is 0 Å². The largest absolute Gasteiger partial charge is 0.454 e. The molecule has 1 heterocycles. The van der Waals surface area contributed by atoms with Crippen LogP contribution in [0.3, 0.4) is 0 Å². The van der Waals surface area contributed by atoms with Crippen molar-refractivity contribution in [3.63, 3.8) is 0 Å². The lowest BCUT2D eigenvalue weighted by Gasteiger charge is -2.56. The fourth-order valence-corrected chi connectivity index (χ4v) is 7.88. The van der Waals surface area contributed by atoms with Gasteiger partial charge in [-0.05, 0) is 80.0 Å². The fourth-order valence-electron chi connectivity index (χ4n) is 7.88. The third-order valence-corrected chi connectivity index (χ3v) is 9.59. The van der Waals surface area contributed by atoms with Gasteiger partial charge in [-0.3, -0.25) is 9.59 Å². The Balaban J connectivity index is 1.27. The molecular weight excluding hydrogens is 414 g/mol. The van der Waals surface area contributed by atoms with Gasteiger partial charge in [0.25, 0.3) is 0 Å². The molecule has 5 aliphatic rings. The van der Waals surface area contributed by atoms with E-state index >= 15 is 0 Å².